The van der Waals surface area contributed by atoms with E-state index in [1.54, 1.807) is 0 Å². The molecule has 0 radical (unpaired) electrons. The molecular weight excluding hydrogens is 252 g/mol. The van der Waals surface area contributed by atoms with Crippen LogP contribution in [0.3, 0.4) is 0 Å². The van der Waals surface area contributed by atoms with Crippen LogP contribution < -0.4 is 0 Å². The van der Waals surface area contributed by atoms with Gasteiger partial charge in [0.25, 0.3) is 0 Å². The number of rotatable bonds is 2. The van der Waals surface area contributed by atoms with Gasteiger partial charge < -0.3 is 9.47 Å². The van der Waals surface area contributed by atoms with E-state index in [0.717, 1.165) is 6.42 Å². The van der Waals surface area contributed by atoms with E-state index in [-0.39, 0.29) is 4.83 Å². The lowest BCUT2D eigenvalue weighted by Gasteiger charge is -2.06. The predicted octanol–water partition coefficient (Wildman–Crippen LogP) is 1.19. The lowest BCUT2D eigenvalue weighted by Crippen LogP contribution is -2.15. The van der Waals surface area contributed by atoms with Crippen molar-refractivity contribution in [3.63, 3.8) is 0 Å². The highest BCUT2D eigenvalue weighted by Gasteiger charge is 2.33. The van der Waals surface area contributed by atoms with Crippen molar-refractivity contribution in [1.82, 2.24) is 0 Å². The summed E-state index contributed by atoms with van der Waals surface area (Å²) in [6, 6.07) is 0. The van der Waals surface area contributed by atoms with Crippen molar-refractivity contribution in [2.75, 3.05) is 14.2 Å². The number of hydrogen-bond acceptors (Lipinski definition) is 4. The summed E-state index contributed by atoms with van der Waals surface area (Å²) in [6.07, 6.45) is 1.27. The van der Waals surface area contributed by atoms with Crippen LogP contribution in [0.2, 0.25) is 0 Å². The molecule has 14 heavy (non-hydrogen) atoms. The Morgan fingerprint density at radius 1 is 1.29 bits per heavy atom. The average molecular weight is 263 g/mol. The van der Waals surface area contributed by atoms with Crippen LogP contribution >= 0.6 is 15.9 Å². The maximum atomic E-state index is 11.3. The van der Waals surface area contributed by atoms with E-state index < -0.39 is 11.9 Å². The first kappa shape index (κ1) is 11.2. The van der Waals surface area contributed by atoms with Gasteiger partial charge in [-0.25, -0.2) is 9.59 Å². The summed E-state index contributed by atoms with van der Waals surface area (Å²) >= 11 is 3.32. The number of esters is 2. The third-order valence-electron chi connectivity index (χ3n) is 2.12. The molecule has 0 spiro atoms. The number of methoxy groups -OCH3 is 2. The molecule has 1 atom stereocenters. The second-order valence-electron chi connectivity index (χ2n) is 2.88. The van der Waals surface area contributed by atoms with E-state index in [1.165, 1.54) is 14.2 Å². The van der Waals surface area contributed by atoms with Gasteiger partial charge in [-0.2, -0.15) is 0 Å². The lowest BCUT2D eigenvalue weighted by molar-refractivity contribution is -0.139. The first-order valence-corrected chi connectivity index (χ1v) is 5.07. The molecule has 0 bridgehead atoms. The SMILES string of the molecule is COC(=O)C1=C(C(=O)OC)C(Br)CC1. The zero-order chi connectivity index (χ0) is 10.7. The largest absolute Gasteiger partial charge is 0.466 e. The fraction of sp³-hybridized carbons (Fsp3) is 0.556. The van der Waals surface area contributed by atoms with Gasteiger partial charge in [0.05, 0.1) is 19.8 Å². The third-order valence-corrected chi connectivity index (χ3v) is 3.04. The van der Waals surface area contributed by atoms with Crippen molar-refractivity contribution < 1.29 is 19.1 Å². The van der Waals surface area contributed by atoms with Crippen LogP contribution in [0.5, 0.6) is 0 Å². The molecule has 0 aromatic carbocycles. The molecule has 0 saturated heterocycles. The molecule has 0 amide bonds. The van der Waals surface area contributed by atoms with Crippen LogP contribution in [0.1, 0.15) is 12.8 Å². The molecule has 0 aliphatic heterocycles. The number of carbonyl (C=O) groups is 2. The number of hydrogen-bond donors (Lipinski definition) is 0. The number of carbonyl (C=O) groups excluding carboxylic acids is 2. The molecule has 1 aliphatic rings. The van der Waals surface area contributed by atoms with E-state index in [0.29, 0.717) is 17.6 Å². The highest BCUT2D eigenvalue weighted by Crippen LogP contribution is 2.33. The standard InChI is InChI=1S/C9H11BrO4/c1-13-8(11)5-3-4-6(10)7(5)9(12)14-2/h6H,3-4H2,1-2H3. The normalized spacial score (nSPS) is 20.9. The molecule has 0 N–H and O–H groups in total. The van der Waals surface area contributed by atoms with Crippen molar-refractivity contribution >= 4 is 27.9 Å². The van der Waals surface area contributed by atoms with Crippen LogP contribution in [-0.4, -0.2) is 31.0 Å². The highest BCUT2D eigenvalue weighted by molar-refractivity contribution is 9.09. The van der Waals surface area contributed by atoms with Gasteiger partial charge in [0.2, 0.25) is 0 Å². The molecule has 1 aliphatic carbocycles. The molecule has 0 aromatic rings. The van der Waals surface area contributed by atoms with E-state index >= 15 is 0 Å². The summed E-state index contributed by atoms with van der Waals surface area (Å²) in [4.78, 5) is 22.5. The minimum atomic E-state index is -0.468. The first-order chi connectivity index (χ1) is 6.61. The van der Waals surface area contributed by atoms with E-state index in [1.807, 2.05) is 0 Å². The Morgan fingerprint density at radius 3 is 2.36 bits per heavy atom. The summed E-state index contributed by atoms with van der Waals surface area (Å²) in [6.45, 7) is 0. The Kier molecular flexibility index (Phi) is 3.69. The molecule has 4 nitrogen and oxygen atoms in total. The van der Waals surface area contributed by atoms with Gasteiger partial charge in [0.15, 0.2) is 0 Å². The molecule has 0 saturated carbocycles. The van der Waals surface area contributed by atoms with Gasteiger partial charge >= 0.3 is 11.9 Å². The van der Waals surface area contributed by atoms with Crippen LogP contribution in [0.25, 0.3) is 0 Å². The van der Waals surface area contributed by atoms with Crippen molar-refractivity contribution in [1.29, 1.82) is 0 Å². The molecular formula is C9H11BrO4. The van der Waals surface area contributed by atoms with Crippen molar-refractivity contribution in [2.24, 2.45) is 0 Å². The molecule has 5 heteroatoms. The van der Waals surface area contributed by atoms with Gasteiger partial charge in [0.1, 0.15) is 0 Å². The number of alkyl halides is 1. The Labute approximate surface area is 90.4 Å². The summed E-state index contributed by atoms with van der Waals surface area (Å²) in [5, 5.41) is 0. The van der Waals surface area contributed by atoms with Gasteiger partial charge in [-0.3, -0.25) is 0 Å². The topological polar surface area (TPSA) is 52.6 Å². The monoisotopic (exact) mass is 262 g/mol. The molecule has 78 valence electrons. The Balaban J connectivity index is 3.02. The zero-order valence-electron chi connectivity index (χ0n) is 8.00. The maximum Gasteiger partial charge on any atom is 0.335 e. The number of ether oxygens (including phenoxy) is 2. The van der Waals surface area contributed by atoms with Crippen LogP contribution in [0, 0.1) is 0 Å². The Morgan fingerprint density at radius 2 is 1.86 bits per heavy atom. The molecule has 1 rings (SSSR count). The van der Waals surface area contributed by atoms with E-state index in [4.69, 9.17) is 0 Å². The number of halogens is 1. The lowest BCUT2D eigenvalue weighted by atomic mass is 10.1. The minimum absolute atomic E-state index is 0.107. The van der Waals surface area contributed by atoms with Crippen LogP contribution in [0.4, 0.5) is 0 Å². The van der Waals surface area contributed by atoms with Gasteiger partial charge in [-0.1, -0.05) is 15.9 Å². The molecule has 0 heterocycles. The van der Waals surface area contributed by atoms with Crippen LogP contribution in [-0.2, 0) is 19.1 Å². The molecule has 0 fully saturated rings. The summed E-state index contributed by atoms with van der Waals surface area (Å²) in [5.74, 6) is -0.919. The van der Waals surface area contributed by atoms with Gasteiger partial charge in [-0.15, -0.1) is 0 Å². The second-order valence-corrected chi connectivity index (χ2v) is 3.99. The summed E-state index contributed by atoms with van der Waals surface area (Å²) < 4.78 is 9.18. The van der Waals surface area contributed by atoms with Gasteiger partial charge in [0, 0.05) is 10.4 Å². The van der Waals surface area contributed by atoms with E-state index in [2.05, 4.69) is 25.4 Å². The molecule has 1 unspecified atom stereocenters. The van der Waals surface area contributed by atoms with Crippen molar-refractivity contribution in [3.05, 3.63) is 11.1 Å². The molecule has 0 aromatic heterocycles. The van der Waals surface area contributed by atoms with E-state index in [9.17, 15) is 9.59 Å². The van der Waals surface area contributed by atoms with Crippen molar-refractivity contribution in [3.8, 4) is 0 Å². The zero-order valence-corrected chi connectivity index (χ0v) is 9.59. The summed E-state index contributed by atoms with van der Waals surface area (Å²) in [5.41, 5.74) is 0.806. The summed E-state index contributed by atoms with van der Waals surface area (Å²) in [7, 11) is 2.59. The smallest absolute Gasteiger partial charge is 0.335 e. The van der Waals surface area contributed by atoms with Gasteiger partial charge in [-0.05, 0) is 12.8 Å². The average Bonchev–Trinajstić information content (AvgIpc) is 2.58. The Bertz CT molecular complexity index is 295. The highest BCUT2D eigenvalue weighted by atomic mass is 79.9. The predicted molar refractivity (Wildman–Crippen MR) is 53.0 cm³/mol. The first-order valence-electron chi connectivity index (χ1n) is 4.15. The van der Waals surface area contributed by atoms with Crippen molar-refractivity contribution in [2.45, 2.75) is 17.7 Å². The second kappa shape index (κ2) is 4.59. The maximum absolute atomic E-state index is 11.3. The minimum Gasteiger partial charge on any atom is -0.466 e. The fourth-order valence-corrected chi connectivity index (χ4v) is 2.13. The Hall–Kier alpha value is -0.840. The third kappa shape index (κ3) is 1.97. The van der Waals surface area contributed by atoms with Crippen LogP contribution in [0.15, 0.2) is 11.1 Å². The quantitative estimate of drug-likeness (QED) is 0.554. The fourth-order valence-electron chi connectivity index (χ4n) is 1.44.